The van der Waals surface area contributed by atoms with Gasteiger partial charge >= 0.3 is 5.69 Å². The van der Waals surface area contributed by atoms with Crippen LogP contribution in [0.3, 0.4) is 0 Å². The van der Waals surface area contributed by atoms with Gasteiger partial charge in [-0.1, -0.05) is 13.3 Å². The number of nitro groups is 1. The molecule has 0 radical (unpaired) electrons. The predicted molar refractivity (Wildman–Crippen MR) is 77.1 cm³/mol. The molecule has 0 spiro atoms. The van der Waals surface area contributed by atoms with Crippen LogP contribution in [0.5, 0.6) is 0 Å². The molecule has 7 heteroatoms. The second kappa shape index (κ2) is 5.61. The van der Waals surface area contributed by atoms with Gasteiger partial charge < -0.3 is 10.7 Å². The summed E-state index contributed by atoms with van der Waals surface area (Å²) in [6.45, 7) is 3.89. The molecule has 1 unspecified atom stereocenters. The molecule has 0 amide bonds. The molecular formula is C14H17FN4O2. The molecule has 0 saturated carbocycles. The lowest BCUT2D eigenvalue weighted by molar-refractivity contribution is -0.387. The Bertz CT molecular complexity index is 667. The maximum absolute atomic E-state index is 13.3. The van der Waals surface area contributed by atoms with Gasteiger partial charge in [-0.25, -0.2) is 4.98 Å². The highest BCUT2D eigenvalue weighted by atomic mass is 19.1. The van der Waals surface area contributed by atoms with E-state index in [1.165, 1.54) is 12.1 Å². The van der Waals surface area contributed by atoms with Crippen molar-refractivity contribution >= 4 is 5.69 Å². The third-order valence-electron chi connectivity index (χ3n) is 3.34. The topological polar surface area (TPSA) is 97.8 Å². The fraction of sp³-hybridized carbons (Fsp3) is 0.357. The lowest BCUT2D eigenvalue weighted by atomic mass is 9.97. The second-order valence-corrected chi connectivity index (χ2v) is 5.24. The summed E-state index contributed by atoms with van der Waals surface area (Å²) >= 11 is 0. The van der Waals surface area contributed by atoms with E-state index in [0.29, 0.717) is 17.1 Å². The first-order valence-corrected chi connectivity index (χ1v) is 6.64. The van der Waals surface area contributed by atoms with E-state index in [4.69, 9.17) is 5.73 Å². The number of H-pyrrole nitrogens is 1. The number of nitrogens with two attached hydrogens (primary N) is 1. The summed E-state index contributed by atoms with van der Waals surface area (Å²) in [7, 11) is 0. The summed E-state index contributed by atoms with van der Waals surface area (Å²) in [6.07, 6.45) is 3.21. The van der Waals surface area contributed by atoms with Gasteiger partial charge in [0.05, 0.1) is 22.4 Å². The summed E-state index contributed by atoms with van der Waals surface area (Å²) in [5, 5.41) is 10.8. The molecule has 0 saturated heterocycles. The van der Waals surface area contributed by atoms with E-state index < -0.39 is 22.0 Å². The number of nitrogens with one attached hydrogen (secondary N) is 1. The van der Waals surface area contributed by atoms with Crippen molar-refractivity contribution in [3.8, 4) is 11.3 Å². The zero-order chi connectivity index (χ0) is 15.6. The fourth-order valence-corrected chi connectivity index (χ4v) is 2.22. The van der Waals surface area contributed by atoms with Crippen LogP contribution in [-0.4, -0.2) is 14.9 Å². The van der Waals surface area contributed by atoms with Gasteiger partial charge in [-0.05, 0) is 25.5 Å². The van der Waals surface area contributed by atoms with Crippen LogP contribution >= 0.6 is 0 Å². The SMILES string of the molecule is CCCC(C)(N)c1ncc(-c2ccc(F)c([N+](=O)[O-])c2)[nH]1. The van der Waals surface area contributed by atoms with Crippen LogP contribution in [0.15, 0.2) is 24.4 Å². The Morgan fingerprint density at radius 1 is 1.52 bits per heavy atom. The minimum atomic E-state index is -0.863. The average molecular weight is 292 g/mol. The Morgan fingerprint density at radius 3 is 2.86 bits per heavy atom. The van der Waals surface area contributed by atoms with Crippen molar-refractivity contribution in [2.45, 2.75) is 32.2 Å². The van der Waals surface area contributed by atoms with E-state index in [1.54, 1.807) is 6.20 Å². The number of halogens is 1. The highest BCUT2D eigenvalue weighted by molar-refractivity contribution is 5.62. The molecule has 2 rings (SSSR count). The summed E-state index contributed by atoms with van der Waals surface area (Å²) in [4.78, 5) is 17.3. The van der Waals surface area contributed by atoms with Crippen molar-refractivity contribution in [2.24, 2.45) is 5.73 Å². The Balaban J connectivity index is 2.38. The quantitative estimate of drug-likeness (QED) is 0.653. The predicted octanol–water partition coefficient (Wildman–Crippen LogP) is 3.10. The van der Waals surface area contributed by atoms with Crippen LogP contribution in [0.2, 0.25) is 0 Å². The van der Waals surface area contributed by atoms with Crippen molar-refractivity contribution in [2.75, 3.05) is 0 Å². The fourth-order valence-electron chi connectivity index (χ4n) is 2.22. The molecule has 0 aliphatic carbocycles. The van der Waals surface area contributed by atoms with E-state index in [0.717, 1.165) is 18.9 Å². The Hall–Kier alpha value is -2.28. The largest absolute Gasteiger partial charge is 0.340 e. The molecule has 1 aromatic heterocycles. The van der Waals surface area contributed by atoms with Gasteiger partial charge in [-0.2, -0.15) is 4.39 Å². The lowest BCUT2D eigenvalue weighted by Gasteiger charge is -2.21. The van der Waals surface area contributed by atoms with Crippen molar-refractivity contribution in [1.82, 2.24) is 9.97 Å². The van der Waals surface area contributed by atoms with Gasteiger partial charge in [0.25, 0.3) is 0 Å². The third-order valence-corrected chi connectivity index (χ3v) is 3.34. The molecule has 6 nitrogen and oxygen atoms in total. The molecule has 0 aliphatic rings. The number of nitrogens with zero attached hydrogens (tertiary/aromatic N) is 2. The van der Waals surface area contributed by atoms with Crippen molar-refractivity contribution in [3.63, 3.8) is 0 Å². The molecule has 1 atom stereocenters. The average Bonchev–Trinajstić information content (AvgIpc) is 2.89. The zero-order valence-corrected chi connectivity index (χ0v) is 11.9. The molecule has 0 aliphatic heterocycles. The first kappa shape index (κ1) is 15.1. The number of hydrogen-bond donors (Lipinski definition) is 2. The van der Waals surface area contributed by atoms with Crippen molar-refractivity contribution in [1.29, 1.82) is 0 Å². The van der Waals surface area contributed by atoms with Crippen LogP contribution in [0.1, 0.15) is 32.5 Å². The molecule has 1 aromatic carbocycles. The maximum atomic E-state index is 13.3. The van der Waals surface area contributed by atoms with Gasteiger partial charge in [0.1, 0.15) is 5.82 Å². The van der Waals surface area contributed by atoms with E-state index in [-0.39, 0.29) is 0 Å². The van der Waals surface area contributed by atoms with E-state index in [2.05, 4.69) is 9.97 Å². The minimum Gasteiger partial charge on any atom is -0.340 e. The molecule has 112 valence electrons. The van der Waals surface area contributed by atoms with Crippen molar-refractivity contribution in [3.05, 3.63) is 46.2 Å². The molecule has 21 heavy (non-hydrogen) atoms. The van der Waals surface area contributed by atoms with E-state index >= 15 is 0 Å². The number of aromatic nitrogens is 2. The first-order chi connectivity index (χ1) is 9.85. The number of hydrogen-bond acceptors (Lipinski definition) is 4. The van der Waals surface area contributed by atoms with Gasteiger partial charge in [0.2, 0.25) is 5.82 Å². The number of rotatable bonds is 5. The normalized spacial score (nSPS) is 13.9. The van der Waals surface area contributed by atoms with Crippen LogP contribution in [0.25, 0.3) is 11.3 Å². The van der Waals surface area contributed by atoms with Crippen LogP contribution in [0, 0.1) is 15.9 Å². The Kier molecular flexibility index (Phi) is 4.04. The Morgan fingerprint density at radius 2 is 2.24 bits per heavy atom. The number of benzene rings is 1. The monoisotopic (exact) mass is 292 g/mol. The molecule has 1 heterocycles. The second-order valence-electron chi connectivity index (χ2n) is 5.24. The van der Waals surface area contributed by atoms with Crippen LogP contribution in [0.4, 0.5) is 10.1 Å². The number of imidazole rings is 1. The summed E-state index contributed by atoms with van der Waals surface area (Å²) in [5.74, 6) is -0.260. The zero-order valence-electron chi connectivity index (χ0n) is 11.9. The lowest BCUT2D eigenvalue weighted by Crippen LogP contribution is -2.34. The van der Waals surface area contributed by atoms with Gasteiger partial charge in [0.15, 0.2) is 0 Å². The van der Waals surface area contributed by atoms with E-state index in [9.17, 15) is 14.5 Å². The third kappa shape index (κ3) is 3.08. The van der Waals surface area contributed by atoms with Gasteiger partial charge in [-0.3, -0.25) is 10.1 Å². The highest BCUT2D eigenvalue weighted by Crippen LogP contribution is 2.27. The Labute approximate surface area is 121 Å². The minimum absolute atomic E-state index is 0.495. The summed E-state index contributed by atoms with van der Waals surface area (Å²) in [5.41, 5.74) is 6.08. The smallest absolute Gasteiger partial charge is 0.305 e. The first-order valence-electron chi connectivity index (χ1n) is 6.64. The molecule has 2 aromatic rings. The molecule has 3 N–H and O–H groups in total. The van der Waals surface area contributed by atoms with E-state index in [1.807, 2.05) is 13.8 Å². The maximum Gasteiger partial charge on any atom is 0.305 e. The molecule has 0 bridgehead atoms. The van der Waals surface area contributed by atoms with Crippen molar-refractivity contribution < 1.29 is 9.31 Å². The van der Waals surface area contributed by atoms with Crippen LogP contribution in [-0.2, 0) is 5.54 Å². The summed E-state index contributed by atoms with van der Waals surface area (Å²) in [6, 6.07) is 3.72. The molecular weight excluding hydrogens is 275 g/mol. The highest BCUT2D eigenvalue weighted by Gasteiger charge is 2.24. The van der Waals surface area contributed by atoms with Gasteiger partial charge in [0, 0.05) is 11.6 Å². The molecule has 0 fully saturated rings. The standard InChI is InChI=1S/C14H17FN4O2/c1-3-6-14(2,16)13-17-8-11(18-13)9-4-5-10(15)12(7-9)19(20)21/h4-5,7-8H,3,6,16H2,1-2H3,(H,17,18). The van der Waals surface area contributed by atoms with Crippen LogP contribution < -0.4 is 5.73 Å². The number of aromatic amines is 1. The summed E-state index contributed by atoms with van der Waals surface area (Å²) < 4.78 is 13.3. The van der Waals surface area contributed by atoms with Gasteiger partial charge in [-0.15, -0.1) is 0 Å². The number of nitro benzene ring substituents is 1.